The fourth-order valence-corrected chi connectivity index (χ4v) is 1.51. The molecule has 0 fully saturated rings. The molecule has 1 rings (SSSR count). The third-order valence-electron chi connectivity index (χ3n) is 2.32. The first-order valence-corrected chi connectivity index (χ1v) is 5.81. The van der Waals surface area contributed by atoms with Gasteiger partial charge in [-0.15, -0.1) is 0 Å². The second kappa shape index (κ2) is 6.50. The lowest BCUT2D eigenvalue weighted by Gasteiger charge is -2.11. The van der Waals surface area contributed by atoms with E-state index in [1.54, 1.807) is 18.2 Å². The largest absolute Gasteiger partial charge is 0.398 e. The quantitative estimate of drug-likeness (QED) is 0.682. The van der Waals surface area contributed by atoms with E-state index in [1.807, 2.05) is 13.8 Å². The molecule has 4 N–H and O–H groups in total. The van der Waals surface area contributed by atoms with E-state index in [0.717, 1.165) is 11.3 Å². The number of nitrogen functional groups attached to an aromatic ring is 1. The van der Waals surface area contributed by atoms with E-state index >= 15 is 0 Å². The number of carbonyl (C=O) groups is 1. The highest BCUT2D eigenvalue weighted by molar-refractivity contribution is 5.81. The van der Waals surface area contributed by atoms with Gasteiger partial charge >= 0.3 is 0 Å². The molecule has 0 aliphatic rings. The second-order valence-corrected chi connectivity index (χ2v) is 4.32. The number of hydrogen-bond donors (Lipinski definition) is 3. The molecule has 1 aromatic rings. The molecular weight excluding hydrogens is 228 g/mol. The summed E-state index contributed by atoms with van der Waals surface area (Å²) < 4.78 is 0. The van der Waals surface area contributed by atoms with Gasteiger partial charge in [-0.1, -0.05) is 0 Å². The summed E-state index contributed by atoms with van der Waals surface area (Å²) in [6.45, 7) is 4.02. The van der Waals surface area contributed by atoms with Crippen molar-refractivity contribution in [2.45, 2.75) is 26.3 Å². The van der Waals surface area contributed by atoms with Crippen molar-refractivity contribution in [3.63, 3.8) is 0 Å². The number of nitrogens with two attached hydrogens (primary N) is 1. The van der Waals surface area contributed by atoms with Crippen LogP contribution >= 0.6 is 0 Å². The predicted molar refractivity (Wildman–Crippen MR) is 71.9 cm³/mol. The van der Waals surface area contributed by atoms with Crippen LogP contribution in [0.15, 0.2) is 18.2 Å². The number of anilines is 2. The topological polar surface area (TPSA) is 90.9 Å². The average molecular weight is 246 g/mol. The lowest BCUT2D eigenvalue weighted by molar-refractivity contribution is -0.119. The Kier molecular flexibility index (Phi) is 5.00. The van der Waals surface area contributed by atoms with Gasteiger partial charge in [0.25, 0.3) is 0 Å². The maximum atomic E-state index is 11.5. The van der Waals surface area contributed by atoms with Crippen LogP contribution in [0.5, 0.6) is 0 Å². The Morgan fingerprint density at radius 2 is 2.22 bits per heavy atom. The molecule has 5 nitrogen and oxygen atoms in total. The molecule has 0 aliphatic carbocycles. The second-order valence-electron chi connectivity index (χ2n) is 4.32. The summed E-state index contributed by atoms with van der Waals surface area (Å²) in [6, 6.07) is 7.50. The summed E-state index contributed by atoms with van der Waals surface area (Å²) in [5.74, 6) is -0.0661. The first kappa shape index (κ1) is 13.8. The van der Waals surface area contributed by atoms with E-state index in [9.17, 15) is 4.79 Å². The first-order valence-electron chi connectivity index (χ1n) is 5.81. The van der Waals surface area contributed by atoms with Crippen LogP contribution < -0.4 is 16.4 Å². The third-order valence-corrected chi connectivity index (χ3v) is 2.32. The van der Waals surface area contributed by atoms with E-state index in [4.69, 9.17) is 11.0 Å². The number of hydrogen-bond acceptors (Lipinski definition) is 4. The number of benzene rings is 1. The Labute approximate surface area is 107 Å². The van der Waals surface area contributed by atoms with Crippen LogP contribution in [0.3, 0.4) is 0 Å². The molecule has 0 saturated heterocycles. The van der Waals surface area contributed by atoms with Crippen LogP contribution in [0.25, 0.3) is 0 Å². The molecule has 0 aliphatic heterocycles. The molecule has 0 atom stereocenters. The van der Waals surface area contributed by atoms with Crippen LogP contribution in [0.1, 0.15) is 19.4 Å². The Morgan fingerprint density at radius 1 is 1.50 bits per heavy atom. The van der Waals surface area contributed by atoms with Crippen LogP contribution in [-0.2, 0) is 11.2 Å². The molecule has 1 amide bonds. The standard InChI is InChI=1S/C13H18N4O/c1-9(2)17-13(18)8-16-11-3-4-12(15)10(7-11)5-6-14/h3-4,7,9,16H,5,8,15H2,1-2H3,(H,17,18). The molecule has 0 spiro atoms. The molecular formula is C13H18N4O. The van der Waals surface area contributed by atoms with Crippen molar-refractivity contribution in [2.24, 2.45) is 0 Å². The maximum absolute atomic E-state index is 11.5. The minimum Gasteiger partial charge on any atom is -0.398 e. The normalized spacial score (nSPS) is 9.89. The molecule has 0 heterocycles. The first-order chi connectivity index (χ1) is 8.52. The summed E-state index contributed by atoms with van der Waals surface area (Å²) in [6.07, 6.45) is 0.263. The van der Waals surface area contributed by atoms with Gasteiger partial charge in [0.2, 0.25) is 5.91 Å². The molecule has 0 radical (unpaired) electrons. The molecule has 0 unspecified atom stereocenters. The van der Waals surface area contributed by atoms with E-state index in [-0.39, 0.29) is 24.9 Å². The summed E-state index contributed by atoms with van der Waals surface area (Å²) in [5.41, 5.74) is 7.89. The smallest absolute Gasteiger partial charge is 0.239 e. The highest BCUT2D eigenvalue weighted by Gasteiger charge is 2.04. The highest BCUT2D eigenvalue weighted by Crippen LogP contribution is 2.17. The number of nitrogens with one attached hydrogen (secondary N) is 2. The molecule has 1 aromatic carbocycles. The third kappa shape index (κ3) is 4.34. The Balaban J connectivity index is 2.60. The maximum Gasteiger partial charge on any atom is 0.239 e. The fraction of sp³-hybridized carbons (Fsp3) is 0.385. The van der Waals surface area contributed by atoms with Crippen molar-refractivity contribution < 1.29 is 4.79 Å². The van der Waals surface area contributed by atoms with Gasteiger partial charge in [0, 0.05) is 17.4 Å². The molecule has 96 valence electrons. The van der Waals surface area contributed by atoms with Crippen molar-refractivity contribution in [3.8, 4) is 6.07 Å². The SMILES string of the molecule is CC(C)NC(=O)CNc1ccc(N)c(CC#N)c1. The monoisotopic (exact) mass is 246 g/mol. The zero-order chi connectivity index (χ0) is 13.5. The van der Waals surface area contributed by atoms with Crippen LogP contribution in [-0.4, -0.2) is 18.5 Å². The summed E-state index contributed by atoms with van der Waals surface area (Å²) in [5, 5.41) is 14.4. The van der Waals surface area contributed by atoms with E-state index in [2.05, 4.69) is 16.7 Å². The summed E-state index contributed by atoms with van der Waals surface area (Å²) in [4.78, 5) is 11.5. The van der Waals surface area contributed by atoms with Gasteiger partial charge < -0.3 is 16.4 Å². The van der Waals surface area contributed by atoms with Crippen molar-refractivity contribution in [1.82, 2.24) is 5.32 Å². The zero-order valence-electron chi connectivity index (χ0n) is 10.7. The van der Waals surface area contributed by atoms with Crippen LogP contribution in [0.4, 0.5) is 11.4 Å². The minimum absolute atomic E-state index is 0.0661. The molecule has 0 aromatic heterocycles. The van der Waals surface area contributed by atoms with Gasteiger partial charge in [0.15, 0.2) is 0 Å². The van der Waals surface area contributed by atoms with Gasteiger partial charge in [-0.05, 0) is 37.6 Å². The van der Waals surface area contributed by atoms with Crippen molar-refractivity contribution in [2.75, 3.05) is 17.6 Å². The number of amides is 1. The Hall–Kier alpha value is -2.22. The number of carbonyl (C=O) groups excluding carboxylic acids is 1. The molecule has 0 saturated carbocycles. The molecule has 5 heteroatoms. The Morgan fingerprint density at radius 3 is 2.83 bits per heavy atom. The Bertz CT molecular complexity index is 463. The lowest BCUT2D eigenvalue weighted by Crippen LogP contribution is -2.34. The van der Waals surface area contributed by atoms with Crippen LogP contribution in [0, 0.1) is 11.3 Å². The van der Waals surface area contributed by atoms with E-state index in [0.29, 0.717) is 5.69 Å². The van der Waals surface area contributed by atoms with Crippen molar-refractivity contribution in [3.05, 3.63) is 23.8 Å². The van der Waals surface area contributed by atoms with Gasteiger partial charge in [-0.2, -0.15) is 5.26 Å². The fourth-order valence-electron chi connectivity index (χ4n) is 1.51. The van der Waals surface area contributed by atoms with Gasteiger partial charge in [0.1, 0.15) is 0 Å². The zero-order valence-corrected chi connectivity index (χ0v) is 10.7. The number of nitriles is 1. The van der Waals surface area contributed by atoms with E-state index < -0.39 is 0 Å². The molecule has 18 heavy (non-hydrogen) atoms. The summed E-state index contributed by atoms with van der Waals surface area (Å²) in [7, 11) is 0. The van der Waals surface area contributed by atoms with Crippen molar-refractivity contribution >= 4 is 17.3 Å². The van der Waals surface area contributed by atoms with Crippen LogP contribution in [0.2, 0.25) is 0 Å². The van der Waals surface area contributed by atoms with Gasteiger partial charge in [-0.3, -0.25) is 4.79 Å². The lowest BCUT2D eigenvalue weighted by atomic mass is 10.1. The number of nitrogens with zero attached hydrogens (tertiary/aromatic N) is 1. The summed E-state index contributed by atoms with van der Waals surface area (Å²) >= 11 is 0. The average Bonchev–Trinajstić information content (AvgIpc) is 2.29. The minimum atomic E-state index is -0.0661. The number of rotatable bonds is 5. The predicted octanol–water partition coefficient (Wildman–Crippen LogP) is 1.27. The molecule has 0 bridgehead atoms. The van der Waals surface area contributed by atoms with Gasteiger partial charge in [-0.25, -0.2) is 0 Å². The van der Waals surface area contributed by atoms with Crippen molar-refractivity contribution in [1.29, 1.82) is 5.26 Å². The van der Waals surface area contributed by atoms with Gasteiger partial charge in [0.05, 0.1) is 19.0 Å². The highest BCUT2D eigenvalue weighted by atomic mass is 16.1. The van der Waals surface area contributed by atoms with E-state index in [1.165, 1.54) is 0 Å².